The number of nitrogens with one attached hydrogen (secondary N) is 4. The van der Waals surface area contributed by atoms with Gasteiger partial charge < -0.3 is 254 Å². The zero-order valence-electron chi connectivity index (χ0n) is 65.9. The molecular formula is C68H114N4O51. The molecule has 55 heteroatoms. The van der Waals surface area contributed by atoms with Crippen LogP contribution < -0.4 is 21.3 Å². The van der Waals surface area contributed by atoms with Gasteiger partial charge in [0.25, 0.3) is 0 Å². The summed E-state index contributed by atoms with van der Waals surface area (Å²) in [6.07, 6.45) is -94.0. The monoisotopic (exact) mass is 1800 g/mol. The van der Waals surface area contributed by atoms with Gasteiger partial charge in [0.05, 0.1) is 66.1 Å². The predicted octanol–water partition coefficient (Wildman–Crippen LogP) is -22.2. The molecule has 0 aromatic heterocycles. The highest BCUT2D eigenvalue weighted by Gasteiger charge is 2.62. The smallest absolute Gasteiger partial charge is 0.217 e. The fourth-order valence-corrected chi connectivity index (χ4v) is 16.0. The Kier molecular flexibility index (Phi) is 36.4. The molecule has 0 aliphatic carbocycles. The number of carbonyl (C=O) groups excluding carboxylic acids is 4. The molecule has 123 heavy (non-hydrogen) atoms. The Morgan fingerprint density at radius 1 is 0.211 bits per heavy atom. The van der Waals surface area contributed by atoms with Gasteiger partial charge in [-0.25, -0.2) is 0 Å². The number of carbonyl (C=O) groups is 4. The van der Waals surface area contributed by atoms with Crippen LogP contribution in [0, 0.1) is 0 Å². The van der Waals surface area contributed by atoms with Gasteiger partial charge in [-0.1, -0.05) is 0 Å². The van der Waals surface area contributed by atoms with E-state index in [9.17, 15) is 162 Å². The summed E-state index contributed by atoms with van der Waals surface area (Å²) < 4.78 is 111. The van der Waals surface area contributed by atoms with E-state index in [1.54, 1.807) is 0 Å². The Morgan fingerprint density at radius 3 is 0.699 bits per heavy atom. The van der Waals surface area contributed by atoms with Crippen LogP contribution in [0.2, 0.25) is 0 Å². The van der Waals surface area contributed by atoms with Crippen LogP contribution in [-0.4, -0.2) is 539 Å². The van der Waals surface area contributed by atoms with Gasteiger partial charge >= 0.3 is 0 Å². The Labute approximate surface area is 695 Å². The fourth-order valence-electron chi connectivity index (χ4n) is 16.0. The third-order valence-electron chi connectivity index (χ3n) is 22.5. The molecule has 0 saturated carbocycles. The van der Waals surface area contributed by atoms with Gasteiger partial charge in [0.15, 0.2) is 62.9 Å². The average molecular weight is 1800 g/mol. The van der Waals surface area contributed by atoms with E-state index in [4.69, 9.17) is 90.0 Å². The first-order valence-electron chi connectivity index (χ1n) is 39.1. The number of hydrogen-bond donors (Lipinski definition) is 32. The molecule has 712 valence electrons. The second kappa shape index (κ2) is 44.3. The van der Waals surface area contributed by atoms with E-state index in [2.05, 4.69) is 21.3 Å². The lowest BCUT2D eigenvalue weighted by Crippen LogP contribution is -2.71. The molecule has 0 aromatic carbocycles. The number of rotatable bonds is 32. The topological polar surface area (TPSA) is 858 Å². The van der Waals surface area contributed by atoms with Gasteiger partial charge in [-0.15, -0.1) is 0 Å². The van der Waals surface area contributed by atoms with E-state index in [1.165, 1.54) is 0 Å². The summed E-state index contributed by atoms with van der Waals surface area (Å²) in [5.74, 6) is -3.74. The molecule has 1 unspecified atom stereocenters. The maximum Gasteiger partial charge on any atom is 0.217 e. The Bertz CT molecular complexity index is 3310. The van der Waals surface area contributed by atoms with E-state index in [1.807, 2.05) is 0 Å². The summed E-state index contributed by atoms with van der Waals surface area (Å²) in [6, 6.07) is -7.61. The van der Waals surface area contributed by atoms with Crippen molar-refractivity contribution in [3.8, 4) is 0 Å². The largest absolute Gasteiger partial charge is 0.394 e. The van der Waals surface area contributed by atoms with Crippen LogP contribution in [0.5, 0.6) is 0 Å². The van der Waals surface area contributed by atoms with E-state index < -0.39 is 397 Å². The van der Waals surface area contributed by atoms with Crippen LogP contribution >= 0.6 is 0 Å². The highest BCUT2D eigenvalue weighted by Crippen LogP contribution is 2.41. The molecule has 55 nitrogen and oxygen atoms in total. The Balaban J connectivity index is 0.849. The molecular weight excluding hydrogens is 1690 g/mol. The molecule has 0 radical (unpaired) electrons. The molecule has 4 amide bonds. The summed E-state index contributed by atoms with van der Waals surface area (Å²) in [5.41, 5.74) is 0. The van der Waals surface area contributed by atoms with Crippen LogP contribution in [-0.2, 0) is 109 Å². The van der Waals surface area contributed by atoms with Crippen molar-refractivity contribution in [2.75, 3.05) is 66.1 Å². The quantitative estimate of drug-likeness (QED) is 0.0297. The standard InChI is InChI=1S/C68H114N4O51/c1-15(82)69-29-38(91)51(24(10-78)111-60(29)105-14-28-37(90)58(50(103)68(115-28)120-55-23(9-77)106-59(104)45(98)44(55)97)123-63-31(71-17(3)84)40(93)53(26(12-80)113-63)117-65-47(100)43(96)34(87)20(6-74)108-65)118-66-48(101)56(35(88)21(7-75)109-66)122-62-32(72-18(4)85)41(94)54(27(13-81)114-62)119-67-49(102)57(36(89)22(8-76)110-67)121-61-30(70-16(2)83)39(92)52(25(11-79)112-61)116-64-46(99)42(95)33(86)19(5-73)107-64/h19-68,73-81,86-104H,5-14H2,1-4H3,(H,69,82)(H,70,83)(H,71,84)(H,72,85)/t19-,20-,21-,22-,23-,24-,25-,26-,27-,28-,29-,30-,31-,32-,33+,34+,35+,36+,37+,38-,39-,40-,41-,42+,43+,44-,45-,46-,47-,48-,49-,50-,51-,52-,53-,54-,55-,56+,57+,58+,59?,60-,61+,62+,63+,64+,65+,66+,67+,68+/m1/s1. The van der Waals surface area contributed by atoms with Crippen molar-refractivity contribution in [3.05, 3.63) is 0 Å². The zero-order chi connectivity index (χ0) is 90.5. The van der Waals surface area contributed by atoms with Crippen LogP contribution in [0.4, 0.5) is 0 Å². The lowest BCUT2D eigenvalue weighted by atomic mass is 9.93. The molecule has 10 saturated heterocycles. The van der Waals surface area contributed by atoms with Gasteiger partial charge in [-0.05, 0) is 0 Å². The van der Waals surface area contributed by atoms with E-state index >= 15 is 0 Å². The number of aliphatic hydroxyl groups excluding tert-OH is 28. The minimum absolute atomic E-state index is 0.888. The summed E-state index contributed by atoms with van der Waals surface area (Å²) in [7, 11) is 0. The van der Waals surface area contributed by atoms with Gasteiger partial charge in [-0.3, -0.25) is 19.2 Å². The molecule has 10 aliphatic rings. The van der Waals surface area contributed by atoms with Crippen molar-refractivity contribution in [3.63, 3.8) is 0 Å². The molecule has 10 heterocycles. The lowest BCUT2D eigenvalue weighted by molar-refractivity contribution is -0.387. The van der Waals surface area contributed by atoms with Crippen molar-refractivity contribution in [2.24, 2.45) is 0 Å². The summed E-state index contributed by atoms with van der Waals surface area (Å²) >= 11 is 0. The van der Waals surface area contributed by atoms with Crippen LogP contribution in [0.15, 0.2) is 0 Å². The number of ether oxygens (including phenoxy) is 19. The van der Waals surface area contributed by atoms with Crippen molar-refractivity contribution in [2.45, 2.75) is 335 Å². The van der Waals surface area contributed by atoms with Gasteiger partial charge in [-0.2, -0.15) is 0 Å². The normalized spacial score (nSPS) is 49.4. The highest BCUT2D eigenvalue weighted by molar-refractivity contribution is 5.74. The first-order chi connectivity index (χ1) is 58.2. The molecule has 50 atom stereocenters. The molecule has 0 aromatic rings. The van der Waals surface area contributed by atoms with E-state index in [0.29, 0.717) is 0 Å². The fraction of sp³-hybridized carbons (Fsp3) is 0.941. The third kappa shape index (κ3) is 22.3. The maximum atomic E-state index is 13.1. The minimum Gasteiger partial charge on any atom is -0.394 e. The van der Waals surface area contributed by atoms with Crippen molar-refractivity contribution < 1.29 is 252 Å². The highest BCUT2D eigenvalue weighted by atomic mass is 16.8. The Hall–Kier alpha value is -4.00. The van der Waals surface area contributed by atoms with Crippen LogP contribution in [0.25, 0.3) is 0 Å². The van der Waals surface area contributed by atoms with Crippen molar-refractivity contribution in [1.82, 2.24) is 21.3 Å². The second-order valence-electron chi connectivity index (χ2n) is 31.0. The minimum atomic E-state index is -2.40. The average Bonchev–Trinajstić information content (AvgIpc) is 0.784. The lowest BCUT2D eigenvalue weighted by Gasteiger charge is -2.51. The van der Waals surface area contributed by atoms with E-state index in [-0.39, 0.29) is 0 Å². The maximum absolute atomic E-state index is 13.1. The molecule has 10 fully saturated rings. The number of hydrogen-bond acceptors (Lipinski definition) is 51. The first kappa shape index (κ1) is 101. The third-order valence-corrected chi connectivity index (χ3v) is 22.5. The molecule has 10 aliphatic heterocycles. The summed E-state index contributed by atoms with van der Waals surface area (Å²) in [4.78, 5) is 51.6. The van der Waals surface area contributed by atoms with E-state index in [0.717, 1.165) is 27.7 Å². The predicted molar refractivity (Wildman–Crippen MR) is 376 cm³/mol. The molecule has 0 bridgehead atoms. The number of aliphatic hydroxyl groups is 28. The molecule has 32 N–H and O–H groups in total. The van der Waals surface area contributed by atoms with Crippen LogP contribution in [0.3, 0.4) is 0 Å². The number of amides is 4. The van der Waals surface area contributed by atoms with Crippen molar-refractivity contribution >= 4 is 23.6 Å². The molecule has 10 rings (SSSR count). The summed E-state index contributed by atoms with van der Waals surface area (Å²) in [5, 5.41) is 319. The van der Waals surface area contributed by atoms with Crippen LogP contribution in [0.1, 0.15) is 27.7 Å². The Morgan fingerprint density at radius 2 is 0.423 bits per heavy atom. The second-order valence-corrected chi connectivity index (χ2v) is 31.0. The van der Waals surface area contributed by atoms with Crippen molar-refractivity contribution in [1.29, 1.82) is 0 Å². The van der Waals surface area contributed by atoms with Gasteiger partial charge in [0.1, 0.15) is 244 Å². The zero-order valence-corrected chi connectivity index (χ0v) is 65.9. The first-order valence-corrected chi connectivity index (χ1v) is 39.1. The van der Waals surface area contributed by atoms with Gasteiger partial charge in [0, 0.05) is 27.7 Å². The van der Waals surface area contributed by atoms with Gasteiger partial charge in [0.2, 0.25) is 23.6 Å². The summed E-state index contributed by atoms with van der Waals surface area (Å²) in [6.45, 7) is -7.03. The SMILES string of the molecule is CC(=O)N[C@H]1[C@H](O[C@H]2[C@@H](O)[C@@H](CO)O[C@@H](O[C@H]3[C@H](O)[C@@H](NC(C)=O)[C@H](O[C@H]4[C@@H](O)[C@@H](CO)O[C@@H](O[C@H]5[C@H](O)[C@@H](NC(C)=O)[C@H](OC[C@H]6O[C@@H](O[C@H]7[C@H](O)[C@@H](O)C(O)O[C@@H]7CO)[C@H](O)[C@@H](O[C@@H]7O[C@H](CO)[C@@H](O[C@@H]8O[C@H](CO)[C@H](O)[C@H](O)[C@H]8O)[C@H](O)[C@H]7NC(C)=O)[C@H]6O)O[C@@H]5CO)[C@@H]4O)O[C@@H]3CO)[C@@H]2O)O[C@H](CO)[C@@H](O[C@@H]2O[C@H](CO)[C@H](O)[C@H](O)[C@H]2O)[C@@H]1O. The molecule has 0 spiro atoms.